The summed E-state index contributed by atoms with van der Waals surface area (Å²) in [4.78, 5) is 4.76. The van der Waals surface area contributed by atoms with Gasteiger partial charge in [0.1, 0.15) is 0 Å². The summed E-state index contributed by atoms with van der Waals surface area (Å²) in [5.41, 5.74) is 1.14. The van der Waals surface area contributed by atoms with E-state index in [0.29, 0.717) is 5.92 Å². The average molecular weight is 262 g/mol. The molecule has 1 aromatic rings. The van der Waals surface area contributed by atoms with Gasteiger partial charge in [-0.1, -0.05) is 6.42 Å². The second-order valence-corrected chi connectivity index (χ2v) is 6.42. The second kappa shape index (κ2) is 4.99. The zero-order chi connectivity index (χ0) is 12.4. The number of aromatic nitrogens is 1. The minimum absolute atomic E-state index is 0.0925. The molecule has 1 aliphatic heterocycles. The van der Waals surface area contributed by atoms with Crippen molar-refractivity contribution >= 4 is 11.3 Å². The van der Waals surface area contributed by atoms with Crippen LogP contribution in [0.4, 0.5) is 0 Å². The number of ether oxygens (including phenoxy) is 1. The highest BCUT2D eigenvalue weighted by Gasteiger charge is 2.38. The van der Waals surface area contributed by atoms with Crippen molar-refractivity contribution in [3.05, 3.63) is 16.1 Å². The summed E-state index contributed by atoms with van der Waals surface area (Å²) in [5, 5.41) is 12.6. The number of hydrogen-bond acceptors (Lipinski definition) is 4. The fourth-order valence-corrected chi connectivity index (χ4v) is 3.83. The minimum atomic E-state index is -0.0925. The largest absolute Gasteiger partial charge is 0.381 e. The van der Waals surface area contributed by atoms with Crippen LogP contribution >= 0.6 is 11.3 Å². The van der Waals surface area contributed by atoms with Gasteiger partial charge in [-0.3, -0.25) is 0 Å². The Kier molecular flexibility index (Phi) is 3.36. The monoisotopic (exact) mass is 262 g/mol. The molecule has 1 saturated heterocycles. The molecule has 1 saturated carbocycles. The Morgan fingerprint density at radius 3 is 2.83 bits per heavy atom. The number of nitriles is 1. The Labute approximate surface area is 112 Å². The Morgan fingerprint density at radius 2 is 2.22 bits per heavy atom. The summed E-state index contributed by atoms with van der Waals surface area (Å²) in [5.74, 6) is 0.572. The van der Waals surface area contributed by atoms with Gasteiger partial charge in [-0.15, -0.1) is 11.3 Å². The number of hydrogen-bond donors (Lipinski definition) is 0. The lowest BCUT2D eigenvalue weighted by Crippen LogP contribution is -2.29. The normalized spacial score (nSPS) is 23.3. The molecule has 0 atom stereocenters. The van der Waals surface area contributed by atoms with Crippen LogP contribution < -0.4 is 0 Å². The van der Waals surface area contributed by atoms with Crippen LogP contribution in [0.5, 0.6) is 0 Å². The van der Waals surface area contributed by atoms with Gasteiger partial charge in [0, 0.05) is 30.9 Å². The molecule has 3 rings (SSSR count). The third kappa shape index (κ3) is 2.30. The molecular formula is C14H18N2OS. The molecule has 0 spiro atoms. The van der Waals surface area contributed by atoms with E-state index < -0.39 is 0 Å². The van der Waals surface area contributed by atoms with Crippen LogP contribution in [0.1, 0.15) is 48.7 Å². The van der Waals surface area contributed by atoms with E-state index in [9.17, 15) is 5.26 Å². The Hall–Kier alpha value is -0.920. The maximum atomic E-state index is 9.26. The van der Waals surface area contributed by atoms with Gasteiger partial charge < -0.3 is 4.74 Å². The molecule has 3 nitrogen and oxygen atoms in total. The van der Waals surface area contributed by atoms with E-state index in [2.05, 4.69) is 11.4 Å². The molecule has 1 aromatic heterocycles. The first-order valence-electron chi connectivity index (χ1n) is 6.75. The predicted molar refractivity (Wildman–Crippen MR) is 70.5 cm³/mol. The Balaban J connectivity index is 1.68. The standard InChI is InChI=1S/C14H18N2OS/c15-10-14(4-1-5-14)8-13-16-12(9-18-13)11-2-6-17-7-3-11/h9,11H,1-8H2. The highest BCUT2D eigenvalue weighted by molar-refractivity contribution is 7.09. The quantitative estimate of drug-likeness (QED) is 0.839. The molecule has 0 aromatic carbocycles. The van der Waals surface area contributed by atoms with Crippen LogP contribution in [0.25, 0.3) is 0 Å². The fourth-order valence-electron chi connectivity index (χ4n) is 2.81. The zero-order valence-electron chi connectivity index (χ0n) is 10.5. The molecule has 2 fully saturated rings. The highest BCUT2D eigenvalue weighted by atomic mass is 32.1. The molecule has 1 aliphatic carbocycles. The van der Waals surface area contributed by atoms with Gasteiger partial charge in [-0.2, -0.15) is 5.26 Å². The topological polar surface area (TPSA) is 45.9 Å². The maximum Gasteiger partial charge on any atom is 0.0944 e. The van der Waals surface area contributed by atoms with Crippen molar-refractivity contribution < 1.29 is 4.74 Å². The molecule has 0 N–H and O–H groups in total. The first-order valence-corrected chi connectivity index (χ1v) is 7.63. The molecule has 0 radical (unpaired) electrons. The lowest BCUT2D eigenvalue weighted by Gasteiger charge is -2.34. The third-order valence-corrected chi connectivity index (χ3v) is 5.11. The first kappa shape index (κ1) is 12.1. The first-order chi connectivity index (χ1) is 8.81. The molecule has 4 heteroatoms. The minimum Gasteiger partial charge on any atom is -0.381 e. The Bertz CT molecular complexity index is 453. The van der Waals surface area contributed by atoms with Gasteiger partial charge in [0.15, 0.2) is 0 Å². The fraction of sp³-hybridized carbons (Fsp3) is 0.714. The molecule has 0 bridgehead atoms. The van der Waals surface area contributed by atoms with Crippen molar-refractivity contribution in [2.24, 2.45) is 5.41 Å². The van der Waals surface area contributed by atoms with Gasteiger partial charge in [0.05, 0.1) is 22.2 Å². The average Bonchev–Trinajstić information content (AvgIpc) is 2.83. The number of rotatable bonds is 3. The van der Waals surface area contributed by atoms with Crippen molar-refractivity contribution in [1.29, 1.82) is 5.26 Å². The van der Waals surface area contributed by atoms with Crippen molar-refractivity contribution in [3.8, 4) is 6.07 Å². The van der Waals surface area contributed by atoms with Gasteiger partial charge in [-0.05, 0) is 25.7 Å². The zero-order valence-corrected chi connectivity index (χ0v) is 11.3. The van der Waals surface area contributed by atoms with E-state index in [0.717, 1.165) is 50.3 Å². The van der Waals surface area contributed by atoms with E-state index in [-0.39, 0.29) is 5.41 Å². The molecule has 2 aliphatic rings. The van der Waals surface area contributed by atoms with E-state index in [1.54, 1.807) is 11.3 Å². The smallest absolute Gasteiger partial charge is 0.0944 e. The molecule has 96 valence electrons. The maximum absolute atomic E-state index is 9.26. The summed E-state index contributed by atoms with van der Waals surface area (Å²) in [6.45, 7) is 1.72. The van der Waals surface area contributed by atoms with Crippen LogP contribution in [-0.4, -0.2) is 18.2 Å². The van der Waals surface area contributed by atoms with Crippen LogP contribution in [0, 0.1) is 16.7 Å². The van der Waals surface area contributed by atoms with Gasteiger partial charge in [0.25, 0.3) is 0 Å². The third-order valence-electron chi connectivity index (χ3n) is 4.25. The van der Waals surface area contributed by atoms with Crippen LogP contribution in [-0.2, 0) is 11.2 Å². The van der Waals surface area contributed by atoms with E-state index in [1.165, 1.54) is 12.1 Å². The SMILES string of the molecule is N#CC1(Cc2nc(C3CCOCC3)cs2)CCC1. The number of nitrogens with zero attached hydrogens (tertiary/aromatic N) is 2. The highest BCUT2D eigenvalue weighted by Crippen LogP contribution is 2.43. The van der Waals surface area contributed by atoms with Crippen LogP contribution in [0.2, 0.25) is 0 Å². The summed E-state index contributed by atoms with van der Waals surface area (Å²) >= 11 is 1.73. The Morgan fingerprint density at radius 1 is 1.44 bits per heavy atom. The van der Waals surface area contributed by atoms with Gasteiger partial charge >= 0.3 is 0 Å². The lowest BCUT2D eigenvalue weighted by atomic mass is 9.68. The summed E-state index contributed by atoms with van der Waals surface area (Å²) < 4.78 is 5.39. The molecular weight excluding hydrogens is 244 g/mol. The van der Waals surface area contributed by atoms with Crippen LogP contribution in [0.3, 0.4) is 0 Å². The van der Waals surface area contributed by atoms with Crippen molar-refractivity contribution in [2.75, 3.05) is 13.2 Å². The van der Waals surface area contributed by atoms with Gasteiger partial charge in [-0.25, -0.2) is 4.98 Å². The summed E-state index contributed by atoms with van der Waals surface area (Å²) in [6, 6.07) is 2.50. The molecule has 0 unspecified atom stereocenters. The van der Waals surface area contributed by atoms with Crippen molar-refractivity contribution in [1.82, 2.24) is 4.98 Å². The van der Waals surface area contributed by atoms with E-state index >= 15 is 0 Å². The van der Waals surface area contributed by atoms with Crippen molar-refractivity contribution in [3.63, 3.8) is 0 Å². The van der Waals surface area contributed by atoms with E-state index in [1.807, 2.05) is 0 Å². The molecule has 2 heterocycles. The van der Waals surface area contributed by atoms with Crippen LogP contribution in [0.15, 0.2) is 5.38 Å². The lowest BCUT2D eigenvalue weighted by molar-refractivity contribution is 0.0845. The molecule has 18 heavy (non-hydrogen) atoms. The second-order valence-electron chi connectivity index (χ2n) is 5.48. The summed E-state index contributed by atoms with van der Waals surface area (Å²) in [6.07, 6.45) is 6.34. The predicted octanol–water partition coefficient (Wildman–Crippen LogP) is 3.27. The summed E-state index contributed by atoms with van der Waals surface area (Å²) in [7, 11) is 0. The molecule has 0 amide bonds. The van der Waals surface area contributed by atoms with Gasteiger partial charge in [0.2, 0.25) is 0 Å². The van der Waals surface area contributed by atoms with Crippen molar-refractivity contribution in [2.45, 2.75) is 44.4 Å². The van der Waals surface area contributed by atoms with E-state index in [4.69, 9.17) is 9.72 Å². The number of thiazole rings is 1.